The fourth-order valence-corrected chi connectivity index (χ4v) is 3.75. The van der Waals surface area contributed by atoms with Gasteiger partial charge in [-0.1, -0.05) is 35.9 Å². The van der Waals surface area contributed by atoms with Crippen molar-refractivity contribution in [3.8, 4) is 23.0 Å². The number of methoxy groups -OCH3 is 1. The van der Waals surface area contributed by atoms with Crippen LogP contribution in [0.15, 0.2) is 71.2 Å². The van der Waals surface area contributed by atoms with E-state index >= 15 is 0 Å². The maximum Gasteiger partial charge on any atom is 0.305 e. The number of esters is 1. The van der Waals surface area contributed by atoms with E-state index in [1.165, 1.54) is 7.11 Å². The van der Waals surface area contributed by atoms with Crippen LogP contribution in [0.3, 0.4) is 0 Å². The zero-order valence-corrected chi connectivity index (χ0v) is 20.9. The molecule has 3 aromatic rings. The summed E-state index contributed by atoms with van der Waals surface area (Å²) in [6.45, 7) is 2.46. The number of carbonyl (C=O) groups is 1. The lowest BCUT2D eigenvalue weighted by Gasteiger charge is -2.18. The highest BCUT2D eigenvalue weighted by molar-refractivity contribution is 9.10. The Morgan fingerprint density at radius 3 is 2.48 bits per heavy atom. The normalized spacial score (nSPS) is 11.5. The largest absolute Gasteiger partial charge is 0.492 e. The minimum absolute atomic E-state index is 0.109. The molecule has 174 valence electrons. The Bertz CT molecular complexity index is 1060. The minimum atomic E-state index is -0.224. The van der Waals surface area contributed by atoms with Crippen LogP contribution < -0.4 is 14.2 Å². The molecule has 3 rings (SSSR count). The summed E-state index contributed by atoms with van der Waals surface area (Å²) >= 11 is 9.70. The zero-order valence-electron chi connectivity index (χ0n) is 18.6. The van der Waals surface area contributed by atoms with Gasteiger partial charge in [-0.3, -0.25) is 4.79 Å². The molecule has 0 fully saturated rings. The average molecular weight is 534 g/mol. The van der Waals surface area contributed by atoms with Crippen molar-refractivity contribution in [2.75, 3.05) is 13.7 Å². The molecule has 5 nitrogen and oxygen atoms in total. The number of rotatable bonds is 11. The van der Waals surface area contributed by atoms with Crippen molar-refractivity contribution in [2.45, 2.75) is 32.3 Å². The summed E-state index contributed by atoms with van der Waals surface area (Å²) in [5.41, 5.74) is 1.03. The lowest BCUT2D eigenvalue weighted by atomic mass is 10.1. The van der Waals surface area contributed by atoms with Gasteiger partial charge in [0.1, 0.15) is 11.5 Å². The molecule has 0 aromatic heterocycles. The lowest BCUT2D eigenvalue weighted by molar-refractivity contribution is -0.140. The Morgan fingerprint density at radius 2 is 1.76 bits per heavy atom. The van der Waals surface area contributed by atoms with Crippen molar-refractivity contribution < 1.29 is 23.7 Å². The van der Waals surface area contributed by atoms with Crippen LogP contribution in [0.2, 0.25) is 5.02 Å². The van der Waals surface area contributed by atoms with Crippen LogP contribution >= 0.6 is 27.5 Å². The molecule has 0 amide bonds. The molecule has 0 aliphatic heterocycles. The van der Waals surface area contributed by atoms with E-state index < -0.39 is 0 Å². The fourth-order valence-electron chi connectivity index (χ4n) is 3.05. The molecule has 0 radical (unpaired) electrons. The van der Waals surface area contributed by atoms with E-state index in [1.54, 1.807) is 12.1 Å². The van der Waals surface area contributed by atoms with Crippen molar-refractivity contribution in [1.82, 2.24) is 0 Å². The molecule has 1 atom stereocenters. The molecule has 0 spiro atoms. The first kappa shape index (κ1) is 24.9. The monoisotopic (exact) mass is 532 g/mol. The van der Waals surface area contributed by atoms with Crippen LogP contribution in [0.1, 0.15) is 25.3 Å². The van der Waals surface area contributed by atoms with Crippen molar-refractivity contribution in [2.24, 2.45) is 0 Å². The van der Waals surface area contributed by atoms with Gasteiger partial charge >= 0.3 is 5.97 Å². The first-order valence-corrected chi connectivity index (χ1v) is 11.8. The van der Waals surface area contributed by atoms with Gasteiger partial charge in [-0.2, -0.15) is 0 Å². The third-order valence-corrected chi connectivity index (χ3v) is 5.68. The topological polar surface area (TPSA) is 54.0 Å². The predicted molar refractivity (Wildman–Crippen MR) is 133 cm³/mol. The van der Waals surface area contributed by atoms with Gasteiger partial charge in [0.05, 0.1) is 24.3 Å². The Labute approximate surface area is 207 Å². The first-order chi connectivity index (χ1) is 15.9. The maximum absolute atomic E-state index is 11.3. The summed E-state index contributed by atoms with van der Waals surface area (Å²) in [6, 6.07) is 20.6. The number of carbonyl (C=O) groups excluding carboxylic acids is 1. The summed E-state index contributed by atoms with van der Waals surface area (Å²) in [7, 11) is 1.39. The highest BCUT2D eigenvalue weighted by Gasteiger charge is 2.13. The van der Waals surface area contributed by atoms with E-state index in [2.05, 4.69) is 20.7 Å². The van der Waals surface area contributed by atoms with E-state index in [-0.39, 0.29) is 12.1 Å². The highest BCUT2D eigenvalue weighted by atomic mass is 79.9. The number of para-hydroxylation sites is 1. The summed E-state index contributed by atoms with van der Waals surface area (Å²) in [4.78, 5) is 11.3. The molecule has 0 saturated carbocycles. The lowest BCUT2D eigenvalue weighted by Crippen LogP contribution is -2.16. The van der Waals surface area contributed by atoms with Crippen molar-refractivity contribution in [3.05, 3.63) is 81.8 Å². The number of aryl methyl sites for hydroxylation is 1. The highest BCUT2D eigenvalue weighted by Crippen LogP contribution is 2.35. The molecule has 0 saturated heterocycles. The van der Waals surface area contributed by atoms with Crippen LogP contribution in [-0.2, 0) is 16.0 Å². The fraction of sp³-hybridized carbons (Fsp3) is 0.269. The van der Waals surface area contributed by atoms with Crippen molar-refractivity contribution in [3.63, 3.8) is 0 Å². The standard InChI is InChI=1S/C26H26BrClO5/c1-18(14-15-31-23-11-8-19(16-22(23)27)9-13-26(29)30-2)32-24-12-10-20(28)17-25(24)33-21-6-4-3-5-7-21/h3-8,10-12,16-18H,9,13-15H2,1-2H3/t18-/m1/s1. The van der Waals surface area contributed by atoms with E-state index in [0.717, 1.165) is 15.8 Å². The molecule has 0 N–H and O–H groups in total. The predicted octanol–water partition coefficient (Wildman–Crippen LogP) is 7.24. The van der Waals surface area contributed by atoms with Gasteiger partial charge in [-0.25, -0.2) is 0 Å². The van der Waals surface area contributed by atoms with Crippen LogP contribution in [0.25, 0.3) is 0 Å². The first-order valence-electron chi connectivity index (χ1n) is 10.6. The van der Waals surface area contributed by atoms with Gasteiger partial charge in [-0.15, -0.1) is 0 Å². The quantitative estimate of drug-likeness (QED) is 0.243. The Morgan fingerprint density at radius 1 is 1.00 bits per heavy atom. The van der Waals surface area contributed by atoms with Crippen LogP contribution in [0, 0.1) is 0 Å². The smallest absolute Gasteiger partial charge is 0.305 e. The Kier molecular flexibility index (Phi) is 9.46. The summed E-state index contributed by atoms with van der Waals surface area (Å²) in [5.74, 6) is 2.40. The minimum Gasteiger partial charge on any atom is -0.492 e. The van der Waals surface area contributed by atoms with Crippen molar-refractivity contribution >= 4 is 33.5 Å². The van der Waals surface area contributed by atoms with Crippen molar-refractivity contribution in [1.29, 1.82) is 0 Å². The maximum atomic E-state index is 11.3. The van der Waals surface area contributed by atoms with Crippen LogP contribution in [0.5, 0.6) is 23.0 Å². The van der Waals surface area contributed by atoms with E-state index in [9.17, 15) is 4.79 Å². The van der Waals surface area contributed by atoms with E-state index in [4.69, 9.17) is 25.8 Å². The molecule has 3 aromatic carbocycles. The van der Waals surface area contributed by atoms with E-state index in [0.29, 0.717) is 48.1 Å². The number of hydrogen-bond donors (Lipinski definition) is 0. The average Bonchev–Trinajstić information content (AvgIpc) is 2.81. The van der Waals surface area contributed by atoms with Gasteiger partial charge in [-0.05, 0) is 71.2 Å². The Hall–Kier alpha value is -2.70. The van der Waals surface area contributed by atoms with Gasteiger partial charge in [0.2, 0.25) is 0 Å². The van der Waals surface area contributed by atoms with Gasteiger partial charge < -0.3 is 18.9 Å². The second kappa shape index (κ2) is 12.5. The van der Waals surface area contributed by atoms with Gasteiger partial charge in [0.15, 0.2) is 11.5 Å². The number of halogens is 2. The summed E-state index contributed by atoms with van der Waals surface area (Å²) < 4.78 is 23.5. The molecule has 0 bridgehead atoms. The van der Waals surface area contributed by atoms with Gasteiger partial charge in [0, 0.05) is 23.9 Å². The molecule has 0 unspecified atom stereocenters. The summed E-state index contributed by atoms with van der Waals surface area (Å²) in [6.07, 6.45) is 1.52. The molecular formula is C26H26BrClO5. The summed E-state index contributed by atoms with van der Waals surface area (Å²) in [5, 5.41) is 0.573. The Balaban J connectivity index is 1.53. The second-order valence-electron chi connectivity index (χ2n) is 7.41. The molecular weight excluding hydrogens is 508 g/mol. The zero-order chi connectivity index (χ0) is 23.6. The van der Waals surface area contributed by atoms with Crippen LogP contribution in [0.4, 0.5) is 0 Å². The molecule has 33 heavy (non-hydrogen) atoms. The third kappa shape index (κ3) is 7.98. The molecule has 7 heteroatoms. The molecule has 0 heterocycles. The van der Waals surface area contributed by atoms with Gasteiger partial charge in [0.25, 0.3) is 0 Å². The number of hydrogen-bond acceptors (Lipinski definition) is 5. The third-order valence-electron chi connectivity index (χ3n) is 4.83. The number of benzene rings is 3. The molecule has 0 aliphatic rings. The second-order valence-corrected chi connectivity index (χ2v) is 8.70. The van der Waals surface area contributed by atoms with Crippen LogP contribution in [-0.4, -0.2) is 25.8 Å². The SMILES string of the molecule is COC(=O)CCc1ccc(OCC[C@@H](C)Oc2ccc(Cl)cc2Oc2ccccc2)c(Br)c1. The molecule has 0 aliphatic carbocycles. The number of ether oxygens (including phenoxy) is 4. The van der Waals surface area contributed by atoms with E-state index in [1.807, 2.05) is 61.5 Å².